The van der Waals surface area contributed by atoms with Gasteiger partial charge in [0, 0.05) is 12.8 Å². The Hall–Kier alpha value is -0.120. The summed E-state index contributed by atoms with van der Waals surface area (Å²) in [4.78, 5) is 0. The normalized spacial score (nSPS) is 33.3. The van der Waals surface area contributed by atoms with Crippen molar-refractivity contribution in [1.82, 2.24) is 0 Å². The summed E-state index contributed by atoms with van der Waals surface area (Å²) in [7, 11) is 0. The first-order chi connectivity index (χ1) is 4.60. The van der Waals surface area contributed by atoms with E-state index in [1.54, 1.807) is 0 Å². The zero-order chi connectivity index (χ0) is 7.61. The highest BCUT2D eigenvalue weighted by atomic mass is 16.5. The second-order valence-corrected chi connectivity index (χ2v) is 3.07. The number of aliphatic hydroxyl groups is 3. The second kappa shape index (κ2) is 2.86. The zero-order valence-electron chi connectivity index (χ0n) is 5.95. The highest BCUT2D eigenvalue weighted by molar-refractivity contribution is 4.72. The van der Waals surface area contributed by atoms with Crippen molar-refractivity contribution in [3.05, 3.63) is 0 Å². The zero-order valence-corrected chi connectivity index (χ0v) is 5.95. The van der Waals surface area contributed by atoms with Gasteiger partial charge in [0.05, 0.1) is 6.10 Å². The van der Waals surface area contributed by atoms with Gasteiger partial charge < -0.3 is 15.3 Å². The molecule has 1 fully saturated rings. The van der Waals surface area contributed by atoms with Crippen LogP contribution in [0, 0.1) is 0 Å². The van der Waals surface area contributed by atoms with Crippen LogP contribution in [0.1, 0.15) is 32.1 Å². The molecule has 0 saturated heterocycles. The molecule has 0 amide bonds. The van der Waals surface area contributed by atoms with Gasteiger partial charge in [-0.15, -0.1) is 0 Å². The van der Waals surface area contributed by atoms with Gasteiger partial charge in [-0.1, -0.05) is 0 Å². The third-order valence-electron chi connectivity index (χ3n) is 1.99. The van der Waals surface area contributed by atoms with E-state index < -0.39 is 5.79 Å². The third-order valence-corrected chi connectivity index (χ3v) is 1.99. The Morgan fingerprint density at radius 2 is 1.80 bits per heavy atom. The van der Waals surface area contributed by atoms with E-state index >= 15 is 0 Å². The lowest BCUT2D eigenvalue weighted by Gasteiger charge is -2.18. The number of aliphatic hydroxyl groups excluding tert-OH is 1. The molecule has 0 spiro atoms. The summed E-state index contributed by atoms with van der Waals surface area (Å²) >= 11 is 0. The monoisotopic (exact) mass is 146 g/mol. The molecule has 1 atom stereocenters. The van der Waals surface area contributed by atoms with Crippen LogP contribution in [0.3, 0.4) is 0 Å². The number of rotatable bonds is 0. The highest BCUT2D eigenvalue weighted by Gasteiger charge is 2.26. The van der Waals surface area contributed by atoms with Crippen LogP contribution in [0.25, 0.3) is 0 Å². The van der Waals surface area contributed by atoms with E-state index in [1.807, 2.05) is 0 Å². The Balaban J connectivity index is 2.41. The average molecular weight is 146 g/mol. The molecule has 0 aromatic heterocycles. The van der Waals surface area contributed by atoms with Gasteiger partial charge in [-0.2, -0.15) is 0 Å². The van der Waals surface area contributed by atoms with E-state index in [9.17, 15) is 0 Å². The predicted octanol–water partition coefficient (Wildman–Crippen LogP) is -0.00770. The first-order valence-corrected chi connectivity index (χ1v) is 3.73. The molecule has 0 heterocycles. The Morgan fingerprint density at radius 1 is 1.10 bits per heavy atom. The molecule has 1 rings (SSSR count). The maximum absolute atomic E-state index is 9.12. The molecule has 1 unspecified atom stereocenters. The fraction of sp³-hybridized carbons (Fsp3) is 1.00. The molecule has 1 aliphatic rings. The van der Waals surface area contributed by atoms with Crippen LogP contribution in [-0.4, -0.2) is 27.2 Å². The van der Waals surface area contributed by atoms with Crippen molar-refractivity contribution < 1.29 is 15.3 Å². The van der Waals surface area contributed by atoms with Crippen molar-refractivity contribution in [2.75, 3.05) is 0 Å². The van der Waals surface area contributed by atoms with E-state index in [1.165, 1.54) is 0 Å². The molecule has 0 bridgehead atoms. The summed E-state index contributed by atoms with van der Waals surface area (Å²) in [6.07, 6.45) is 2.27. The van der Waals surface area contributed by atoms with Gasteiger partial charge in [0.2, 0.25) is 0 Å². The highest BCUT2D eigenvalue weighted by Crippen LogP contribution is 2.24. The largest absolute Gasteiger partial charge is 0.393 e. The lowest BCUT2D eigenvalue weighted by Crippen LogP contribution is -2.26. The van der Waals surface area contributed by atoms with Crippen LogP contribution in [0.2, 0.25) is 0 Å². The Kier molecular flexibility index (Phi) is 2.28. The van der Waals surface area contributed by atoms with E-state index in [4.69, 9.17) is 15.3 Å². The number of hydrogen-bond acceptors (Lipinski definition) is 3. The van der Waals surface area contributed by atoms with Gasteiger partial charge in [0.1, 0.15) is 0 Å². The van der Waals surface area contributed by atoms with Gasteiger partial charge in [-0.3, -0.25) is 0 Å². The van der Waals surface area contributed by atoms with Gasteiger partial charge in [-0.05, 0) is 19.3 Å². The number of hydrogen-bond donors (Lipinski definition) is 3. The van der Waals surface area contributed by atoms with Crippen LogP contribution in [0.15, 0.2) is 0 Å². The van der Waals surface area contributed by atoms with E-state index in [2.05, 4.69) is 0 Å². The fourth-order valence-corrected chi connectivity index (χ4v) is 1.29. The van der Waals surface area contributed by atoms with E-state index in [0.717, 1.165) is 0 Å². The van der Waals surface area contributed by atoms with Gasteiger partial charge in [-0.25, -0.2) is 0 Å². The summed E-state index contributed by atoms with van der Waals surface area (Å²) < 4.78 is 0. The Bertz CT molecular complexity index is 111. The molecule has 3 N–H and O–H groups in total. The van der Waals surface area contributed by atoms with Gasteiger partial charge in [0.15, 0.2) is 5.79 Å². The first kappa shape index (κ1) is 7.98. The van der Waals surface area contributed by atoms with Crippen LogP contribution >= 0.6 is 0 Å². The van der Waals surface area contributed by atoms with Gasteiger partial charge in [0.25, 0.3) is 0 Å². The van der Waals surface area contributed by atoms with Crippen molar-refractivity contribution in [1.29, 1.82) is 0 Å². The fourth-order valence-electron chi connectivity index (χ4n) is 1.29. The molecule has 0 aromatic rings. The van der Waals surface area contributed by atoms with Crippen LogP contribution in [0.5, 0.6) is 0 Å². The first-order valence-electron chi connectivity index (χ1n) is 3.73. The average Bonchev–Trinajstić information content (AvgIpc) is 1.94. The molecule has 1 saturated carbocycles. The summed E-state index contributed by atoms with van der Waals surface area (Å²) in [5, 5.41) is 27.3. The molecular formula is C7H14O3. The lowest BCUT2D eigenvalue weighted by atomic mass is 10.1. The summed E-state index contributed by atoms with van der Waals surface area (Å²) in [6.45, 7) is 0. The van der Waals surface area contributed by atoms with Crippen LogP contribution in [0.4, 0.5) is 0 Å². The Labute approximate surface area is 60.3 Å². The van der Waals surface area contributed by atoms with Crippen molar-refractivity contribution in [2.24, 2.45) is 0 Å². The molecule has 0 aliphatic heterocycles. The molecule has 3 heteroatoms. The van der Waals surface area contributed by atoms with Crippen molar-refractivity contribution in [2.45, 2.75) is 44.0 Å². The predicted molar refractivity (Wildman–Crippen MR) is 36.3 cm³/mol. The van der Waals surface area contributed by atoms with Crippen molar-refractivity contribution in [3.63, 3.8) is 0 Å². The van der Waals surface area contributed by atoms with Crippen LogP contribution < -0.4 is 0 Å². The molecule has 3 nitrogen and oxygen atoms in total. The molecule has 0 radical (unpaired) electrons. The van der Waals surface area contributed by atoms with E-state index in [-0.39, 0.29) is 6.10 Å². The lowest BCUT2D eigenvalue weighted by molar-refractivity contribution is -0.169. The maximum Gasteiger partial charge on any atom is 0.162 e. The standard InChI is InChI=1S/C7H14O3/c8-6-2-1-4-7(9,10)5-3-6/h6,8-10H,1-5H2. The SMILES string of the molecule is OC1CCCC(O)(O)CC1. The van der Waals surface area contributed by atoms with Crippen molar-refractivity contribution in [3.8, 4) is 0 Å². The molecule has 1 aliphatic carbocycles. The van der Waals surface area contributed by atoms with Gasteiger partial charge >= 0.3 is 0 Å². The summed E-state index contributed by atoms with van der Waals surface area (Å²) in [5.74, 6) is -1.52. The topological polar surface area (TPSA) is 60.7 Å². The van der Waals surface area contributed by atoms with E-state index in [0.29, 0.717) is 32.1 Å². The maximum atomic E-state index is 9.12. The minimum atomic E-state index is -1.52. The smallest absolute Gasteiger partial charge is 0.162 e. The summed E-state index contributed by atoms with van der Waals surface area (Å²) in [6, 6.07) is 0. The van der Waals surface area contributed by atoms with Crippen LogP contribution in [-0.2, 0) is 0 Å². The summed E-state index contributed by atoms with van der Waals surface area (Å²) in [5.41, 5.74) is 0. The minimum Gasteiger partial charge on any atom is -0.393 e. The second-order valence-electron chi connectivity index (χ2n) is 3.07. The third kappa shape index (κ3) is 2.25. The minimum absolute atomic E-state index is 0.300. The molecule has 10 heavy (non-hydrogen) atoms. The molecule has 60 valence electrons. The van der Waals surface area contributed by atoms with Crippen molar-refractivity contribution >= 4 is 0 Å². The molecular weight excluding hydrogens is 132 g/mol. The molecule has 0 aromatic carbocycles. The Morgan fingerprint density at radius 3 is 2.50 bits per heavy atom. The quantitative estimate of drug-likeness (QED) is 0.333.